The van der Waals surface area contributed by atoms with Crippen LogP contribution in [0.25, 0.3) is 28.1 Å². The average Bonchev–Trinajstić information content (AvgIpc) is 3.56. The molecule has 0 aliphatic heterocycles. The molecule has 3 aromatic rings. The minimum absolute atomic E-state index is 0.269. The molecule has 31 heavy (non-hydrogen) atoms. The number of aliphatic carboxylic acids is 1. The number of aliphatic hydroxyl groups excluding tert-OH is 1. The molecule has 1 aromatic heterocycles. The zero-order valence-corrected chi connectivity index (χ0v) is 16.8. The highest BCUT2D eigenvalue weighted by molar-refractivity contribution is 6.02. The fourth-order valence-corrected chi connectivity index (χ4v) is 3.76. The van der Waals surface area contributed by atoms with Gasteiger partial charge in [0.25, 0.3) is 0 Å². The number of aromatic nitrogens is 1. The Balaban J connectivity index is 1.80. The van der Waals surface area contributed by atoms with Crippen LogP contribution in [0, 0.1) is 5.82 Å². The van der Waals surface area contributed by atoms with Gasteiger partial charge in [-0.1, -0.05) is 30.3 Å². The first-order chi connectivity index (χ1) is 14.9. The Morgan fingerprint density at radius 3 is 2.48 bits per heavy atom. The van der Waals surface area contributed by atoms with Crippen LogP contribution in [0.3, 0.4) is 0 Å². The van der Waals surface area contributed by atoms with E-state index in [-0.39, 0.29) is 18.0 Å². The number of hydrogen-bond donors (Lipinski definition) is 2. The number of pyridine rings is 1. The number of carbonyl (C=O) groups excluding carboxylic acids is 1. The summed E-state index contributed by atoms with van der Waals surface area (Å²) in [7, 11) is 0. The van der Waals surface area contributed by atoms with E-state index in [0.717, 1.165) is 46.1 Å². The van der Waals surface area contributed by atoms with Gasteiger partial charge in [-0.2, -0.15) is 0 Å². The second-order valence-corrected chi connectivity index (χ2v) is 7.84. The number of para-hydroxylation sites is 1. The molecule has 1 atom stereocenters. The lowest BCUT2D eigenvalue weighted by atomic mass is 9.92. The van der Waals surface area contributed by atoms with Crippen LogP contribution < -0.4 is 0 Å². The maximum atomic E-state index is 13.6. The number of carboxylic acids is 1. The number of hydrogen-bond acceptors (Lipinski definition) is 4. The van der Waals surface area contributed by atoms with Crippen molar-refractivity contribution in [2.24, 2.45) is 0 Å². The largest absolute Gasteiger partial charge is 0.481 e. The highest BCUT2D eigenvalue weighted by atomic mass is 19.1. The van der Waals surface area contributed by atoms with Gasteiger partial charge >= 0.3 is 5.97 Å². The van der Waals surface area contributed by atoms with Crippen LogP contribution in [0.15, 0.2) is 54.6 Å². The molecule has 1 fully saturated rings. The van der Waals surface area contributed by atoms with Gasteiger partial charge in [0.05, 0.1) is 23.7 Å². The summed E-state index contributed by atoms with van der Waals surface area (Å²) in [5.41, 5.74) is 4.23. The summed E-state index contributed by atoms with van der Waals surface area (Å²) in [6.07, 6.45) is 3.11. The van der Waals surface area contributed by atoms with Crippen molar-refractivity contribution >= 4 is 28.7 Å². The van der Waals surface area contributed by atoms with E-state index in [1.807, 2.05) is 24.3 Å². The number of fused-ring (bicyclic) bond motifs is 1. The molecule has 158 valence electrons. The molecule has 0 radical (unpaired) electrons. The summed E-state index contributed by atoms with van der Waals surface area (Å²) in [6, 6.07) is 14.0. The van der Waals surface area contributed by atoms with E-state index in [0.29, 0.717) is 5.92 Å². The lowest BCUT2D eigenvalue weighted by Crippen LogP contribution is -2.16. The first-order valence-electron chi connectivity index (χ1n) is 10.2. The Kier molecular flexibility index (Phi) is 5.91. The fraction of sp³-hybridized carbons (Fsp3) is 0.240. The van der Waals surface area contributed by atoms with Gasteiger partial charge in [0.15, 0.2) is 5.78 Å². The first kappa shape index (κ1) is 20.9. The van der Waals surface area contributed by atoms with Crippen LogP contribution in [0.5, 0.6) is 0 Å². The summed E-state index contributed by atoms with van der Waals surface area (Å²) in [5.74, 6) is -1.55. The van der Waals surface area contributed by atoms with Crippen molar-refractivity contribution in [2.75, 3.05) is 0 Å². The van der Waals surface area contributed by atoms with Gasteiger partial charge in [0.1, 0.15) is 5.82 Å². The molecule has 0 amide bonds. The Morgan fingerprint density at radius 1 is 1.10 bits per heavy atom. The molecule has 0 spiro atoms. The molecule has 1 aliphatic rings. The van der Waals surface area contributed by atoms with Crippen molar-refractivity contribution in [1.29, 1.82) is 0 Å². The number of aliphatic hydroxyl groups is 1. The highest BCUT2D eigenvalue weighted by Crippen LogP contribution is 2.45. The fourth-order valence-electron chi connectivity index (χ4n) is 3.76. The molecule has 0 unspecified atom stereocenters. The second kappa shape index (κ2) is 8.78. The SMILES string of the molecule is O=C(O)C[C@@H](O)CC(=O)/C=C/c1c(C2CC2)nc2ccccc2c1-c1ccc(F)cc1. The van der Waals surface area contributed by atoms with Crippen molar-refractivity contribution < 1.29 is 24.2 Å². The Bertz CT molecular complexity index is 1170. The predicted molar refractivity (Wildman–Crippen MR) is 116 cm³/mol. The Labute approximate surface area is 178 Å². The third-order valence-electron chi connectivity index (χ3n) is 5.34. The van der Waals surface area contributed by atoms with Crippen LogP contribution in [0.1, 0.15) is 42.9 Å². The van der Waals surface area contributed by atoms with Crippen molar-refractivity contribution in [2.45, 2.75) is 37.7 Å². The minimum atomic E-state index is -1.23. The van der Waals surface area contributed by atoms with Gasteiger partial charge in [-0.05, 0) is 48.8 Å². The maximum Gasteiger partial charge on any atom is 0.305 e. The molecule has 0 saturated heterocycles. The van der Waals surface area contributed by atoms with E-state index < -0.39 is 18.5 Å². The molecule has 5 nitrogen and oxygen atoms in total. The minimum Gasteiger partial charge on any atom is -0.481 e. The topological polar surface area (TPSA) is 87.5 Å². The number of ketones is 1. The summed E-state index contributed by atoms with van der Waals surface area (Å²) >= 11 is 0. The third-order valence-corrected chi connectivity index (χ3v) is 5.34. The van der Waals surface area contributed by atoms with E-state index in [9.17, 15) is 19.1 Å². The zero-order chi connectivity index (χ0) is 22.0. The van der Waals surface area contributed by atoms with E-state index in [1.165, 1.54) is 18.2 Å². The smallest absolute Gasteiger partial charge is 0.305 e. The zero-order valence-electron chi connectivity index (χ0n) is 16.8. The molecule has 1 heterocycles. The van der Waals surface area contributed by atoms with Crippen molar-refractivity contribution in [3.8, 4) is 11.1 Å². The normalized spacial score (nSPS) is 14.8. The molecule has 1 saturated carbocycles. The summed E-state index contributed by atoms with van der Waals surface area (Å²) in [4.78, 5) is 27.9. The summed E-state index contributed by atoms with van der Waals surface area (Å²) < 4.78 is 13.6. The van der Waals surface area contributed by atoms with Gasteiger partial charge in [-0.15, -0.1) is 0 Å². The van der Waals surface area contributed by atoms with Crippen molar-refractivity contribution in [1.82, 2.24) is 4.98 Å². The lowest BCUT2D eigenvalue weighted by Gasteiger charge is -2.15. The lowest BCUT2D eigenvalue weighted by molar-refractivity contribution is -0.139. The predicted octanol–water partition coefficient (Wildman–Crippen LogP) is 4.73. The Morgan fingerprint density at radius 2 is 1.81 bits per heavy atom. The van der Waals surface area contributed by atoms with Gasteiger partial charge in [-0.25, -0.2) is 4.39 Å². The number of rotatable bonds is 8. The van der Waals surface area contributed by atoms with Gasteiger partial charge < -0.3 is 10.2 Å². The number of nitrogens with zero attached hydrogens (tertiary/aromatic N) is 1. The summed E-state index contributed by atoms with van der Waals surface area (Å²) in [5, 5.41) is 19.4. The van der Waals surface area contributed by atoms with E-state index in [4.69, 9.17) is 10.1 Å². The average molecular weight is 419 g/mol. The molecule has 2 aromatic carbocycles. The second-order valence-electron chi connectivity index (χ2n) is 7.84. The molecule has 2 N–H and O–H groups in total. The number of allylic oxidation sites excluding steroid dienone is 1. The molecule has 6 heteroatoms. The van der Waals surface area contributed by atoms with Gasteiger partial charge in [0.2, 0.25) is 0 Å². The van der Waals surface area contributed by atoms with Gasteiger partial charge in [0, 0.05) is 28.9 Å². The quantitative estimate of drug-likeness (QED) is 0.516. The first-order valence-corrected chi connectivity index (χ1v) is 10.2. The van der Waals surface area contributed by atoms with Crippen LogP contribution in [0.2, 0.25) is 0 Å². The van der Waals surface area contributed by atoms with Gasteiger partial charge in [-0.3, -0.25) is 14.6 Å². The number of carboxylic acid groups (broad SMARTS) is 1. The Hall–Kier alpha value is -3.38. The van der Waals surface area contributed by atoms with E-state index in [1.54, 1.807) is 18.2 Å². The van der Waals surface area contributed by atoms with Crippen LogP contribution in [0.4, 0.5) is 4.39 Å². The molecular weight excluding hydrogens is 397 g/mol. The monoisotopic (exact) mass is 419 g/mol. The van der Waals surface area contributed by atoms with E-state index >= 15 is 0 Å². The van der Waals surface area contributed by atoms with Crippen LogP contribution >= 0.6 is 0 Å². The highest BCUT2D eigenvalue weighted by Gasteiger charge is 2.29. The van der Waals surface area contributed by atoms with E-state index in [2.05, 4.69) is 0 Å². The number of halogens is 1. The van der Waals surface area contributed by atoms with Crippen molar-refractivity contribution in [3.05, 3.63) is 71.7 Å². The molecule has 1 aliphatic carbocycles. The van der Waals surface area contributed by atoms with Crippen LogP contribution in [-0.4, -0.2) is 33.1 Å². The number of carbonyl (C=O) groups is 2. The molecule has 0 bridgehead atoms. The molecule has 4 rings (SSSR count). The third kappa shape index (κ3) is 4.86. The maximum absolute atomic E-state index is 13.6. The van der Waals surface area contributed by atoms with Crippen molar-refractivity contribution in [3.63, 3.8) is 0 Å². The summed E-state index contributed by atoms with van der Waals surface area (Å²) in [6.45, 7) is 0. The van der Waals surface area contributed by atoms with Crippen LogP contribution in [-0.2, 0) is 9.59 Å². The number of benzene rings is 2. The standard InChI is InChI=1S/C25H22FNO4/c26-17-9-7-15(8-10-17)24-20-3-1-2-4-22(20)27-25(16-5-6-16)21(24)12-11-18(28)13-19(29)14-23(30)31/h1-4,7-12,16,19,29H,5-6,13-14H2,(H,30,31)/b12-11+/t19-/m0/s1. The molecular formula is C25H22FNO4.